The molecule has 0 bridgehead atoms. The van der Waals surface area contributed by atoms with Crippen molar-refractivity contribution in [1.29, 1.82) is 0 Å². The maximum atomic E-state index is 12.5. The first-order valence-electron chi connectivity index (χ1n) is 10.7. The van der Waals surface area contributed by atoms with Gasteiger partial charge in [-0.3, -0.25) is 0 Å². The van der Waals surface area contributed by atoms with Crippen molar-refractivity contribution >= 4 is 9.84 Å². The van der Waals surface area contributed by atoms with Gasteiger partial charge in [-0.05, 0) is 43.7 Å². The molecule has 0 saturated heterocycles. The van der Waals surface area contributed by atoms with Crippen LogP contribution in [0.2, 0.25) is 0 Å². The molecule has 1 unspecified atom stereocenters. The second kappa shape index (κ2) is 12.7. The number of benzene rings is 2. The topological polar surface area (TPSA) is 89.5 Å². The molecule has 0 aromatic heterocycles. The Kier molecular flexibility index (Phi) is 10.3. The average Bonchev–Trinajstić information content (AvgIpc) is 2.82. The third kappa shape index (κ3) is 6.52. The van der Waals surface area contributed by atoms with E-state index < -0.39 is 15.1 Å². The van der Waals surface area contributed by atoms with Crippen molar-refractivity contribution < 1.29 is 36.8 Å². The molecule has 0 fully saturated rings. The van der Waals surface area contributed by atoms with E-state index in [4.69, 9.17) is 28.4 Å². The zero-order valence-electron chi connectivity index (χ0n) is 20.2. The largest absolute Gasteiger partial charge is 0.492 e. The summed E-state index contributed by atoms with van der Waals surface area (Å²) in [5.74, 6) is 2.06. The number of hydrogen-bond acceptors (Lipinski definition) is 8. The molecular formula is C24H34O8S. The first-order valence-corrected chi connectivity index (χ1v) is 12.2. The highest BCUT2D eigenvalue weighted by Gasteiger charge is 2.22. The van der Waals surface area contributed by atoms with E-state index in [1.54, 1.807) is 59.6 Å². The van der Waals surface area contributed by atoms with E-state index in [1.807, 2.05) is 13.0 Å². The van der Waals surface area contributed by atoms with Crippen LogP contribution in [0.5, 0.6) is 23.0 Å². The Bertz CT molecular complexity index is 987. The standard InChI is InChI=1S/C24H34O8S/c1-7-17(2)33(25,26)21-10-8-20(9-11-21)31-12-13-32-23-19(16-28-4)14-18(15-27-3)22(29-5)24(23)30-6/h8-11,14,17H,7,12-13,15-16H2,1-6H3. The minimum atomic E-state index is -3.33. The van der Waals surface area contributed by atoms with Gasteiger partial charge in [0.05, 0.1) is 37.6 Å². The SMILES string of the molecule is CCC(C)S(=O)(=O)c1ccc(OCCOc2c(COC)cc(COC)c(OC)c2OC)cc1. The molecule has 8 nitrogen and oxygen atoms in total. The van der Waals surface area contributed by atoms with Crippen LogP contribution in [0.25, 0.3) is 0 Å². The van der Waals surface area contributed by atoms with Crippen molar-refractivity contribution in [2.24, 2.45) is 0 Å². The number of hydrogen-bond donors (Lipinski definition) is 0. The Morgan fingerprint density at radius 3 is 1.85 bits per heavy atom. The Hall–Kier alpha value is -2.49. The summed E-state index contributed by atoms with van der Waals surface area (Å²) in [7, 11) is 2.99. The van der Waals surface area contributed by atoms with Gasteiger partial charge in [0, 0.05) is 25.3 Å². The molecule has 1 atom stereocenters. The minimum Gasteiger partial charge on any atom is -0.492 e. The first-order chi connectivity index (χ1) is 15.8. The lowest BCUT2D eigenvalue weighted by molar-refractivity contribution is 0.167. The summed E-state index contributed by atoms with van der Waals surface area (Å²) in [6.45, 7) is 4.71. The molecule has 9 heteroatoms. The maximum Gasteiger partial charge on any atom is 0.204 e. The van der Waals surface area contributed by atoms with E-state index in [-0.39, 0.29) is 18.1 Å². The van der Waals surface area contributed by atoms with Gasteiger partial charge < -0.3 is 28.4 Å². The highest BCUT2D eigenvalue weighted by atomic mass is 32.2. The Morgan fingerprint density at radius 2 is 1.33 bits per heavy atom. The Morgan fingerprint density at radius 1 is 0.788 bits per heavy atom. The van der Waals surface area contributed by atoms with Crippen molar-refractivity contribution in [1.82, 2.24) is 0 Å². The minimum absolute atomic E-state index is 0.229. The van der Waals surface area contributed by atoms with Crippen LogP contribution in [0.1, 0.15) is 31.4 Å². The monoisotopic (exact) mass is 482 g/mol. The third-order valence-electron chi connectivity index (χ3n) is 5.21. The van der Waals surface area contributed by atoms with Gasteiger partial charge in [0.25, 0.3) is 0 Å². The Balaban J connectivity index is 2.11. The molecule has 0 N–H and O–H groups in total. The molecule has 2 rings (SSSR count). The molecule has 0 aliphatic rings. The molecule has 33 heavy (non-hydrogen) atoms. The molecule has 0 spiro atoms. The van der Waals surface area contributed by atoms with E-state index in [9.17, 15) is 8.42 Å². The molecule has 0 radical (unpaired) electrons. The quantitative estimate of drug-likeness (QED) is 0.373. The molecule has 0 amide bonds. The summed E-state index contributed by atoms with van der Waals surface area (Å²) in [5, 5.41) is -0.429. The van der Waals surface area contributed by atoms with E-state index in [0.29, 0.717) is 42.6 Å². The van der Waals surface area contributed by atoms with Crippen LogP contribution < -0.4 is 18.9 Å². The average molecular weight is 483 g/mol. The van der Waals surface area contributed by atoms with Crippen LogP contribution >= 0.6 is 0 Å². The van der Waals surface area contributed by atoms with Gasteiger partial charge >= 0.3 is 0 Å². The zero-order chi connectivity index (χ0) is 24.4. The van der Waals surface area contributed by atoms with E-state index >= 15 is 0 Å². The van der Waals surface area contributed by atoms with Gasteiger partial charge in [0.15, 0.2) is 21.3 Å². The predicted molar refractivity (Wildman–Crippen MR) is 125 cm³/mol. The van der Waals surface area contributed by atoms with E-state index in [0.717, 1.165) is 11.1 Å². The van der Waals surface area contributed by atoms with E-state index in [1.165, 1.54) is 0 Å². The number of sulfone groups is 1. The molecule has 2 aromatic rings. The lowest BCUT2D eigenvalue weighted by Crippen LogP contribution is -2.16. The highest BCUT2D eigenvalue weighted by molar-refractivity contribution is 7.92. The summed E-state index contributed by atoms with van der Waals surface area (Å²) in [5.41, 5.74) is 1.61. The van der Waals surface area contributed by atoms with Crippen LogP contribution in [-0.2, 0) is 32.5 Å². The van der Waals surface area contributed by atoms with Crippen LogP contribution in [0.3, 0.4) is 0 Å². The zero-order valence-corrected chi connectivity index (χ0v) is 21.0. The van der Waals surface area contributed by atoms with Crippen molar-refractivity contribution in [3.63, 3.8) is 0 Å². The smallest absolute Gasteiger partial charge is 0.204 e. The summed E-state index contributed by atoms with van der Waals surface area (Å²) in [6, 6.07) is 8.33. The van der Waals surface area contributed by atoms with Gasteiger partial charge in [-0.1, -0.05) is 6.92 Å². The van der Waals surface area contributed by atoms with Crippen molar-refractivity contribution in [2.45, 2.75) is 43.6 Å². The second-order valence-corrected chi connectivity index (χ2v) is 9.75. The number of ether oxygens (including phenoxy) is 6. The van der Waals surface area contributed by atoms with Crippen LogP contribution in [0.4, 0.5) is 0 Å². The maximum absolute atomic E-state index is 12.5. The molecule has 0 aliphatic heterocycles. The molecule has 184 valence electrons. The molecule has 2 aromatic carbocycles. The fourth-order valence-electron chi connectivity index (χ4n) is 3.31. The van der Waals surface area contributed by atoms with Gasteiger partial charge in [-0.2, -0.15) is 0 Å². The van der Waals surface area contributed by atoms with Crippen LogP contribution in [0.15, 0.2) is 35.2 Å². The van der Waals surface area contributed by atoms with Crippen LogP contribution in [-0.4, -0.2) is 55.3 Å². The number of methoxy groups -OCH3 is 4. The summed E-state index contributed by atoms with van der Waals surface area (Å²) < 4.78 is 58.3. The van der Waals surface area contributed by atoms with Crippen molar-refractivity contribution in [3.8, 4) is 23.0 Å². The van der Waals surface area contributed by atoms with Gasteiger partial charge in [0.2, 0.25) is 5.75 Å². The van der Waals surface area contributed by atoms with Gasteiger partial charge in [-0.25, -0.2) is 8.42 Å². The third-order valence-corrected chi connectivity index (χ3v) is 7.53. The van der Waals surface area contributed by atoms with Crippen molar-refractivity contribution in [3.05, 3.63) is 41.5 Å². The summed E-state index contributed by atoms with van der Waals surface area (Å²) in [6.07, 6.45) is 0.559. The fraction of sp³-hybridized carbons (Fsp3) is 0.500. The lowest BCUT2D eigenvalue weighted by Gasteiger charge is -2.20. The molecule has 0 heterocycles. The predicted octanol–water partition coefficient (Wildman–Crippen LogP) is 4.03. The fourth-order valence-corrected chi connectivity index (χ4v) is 4.73. The second-order valence-electron chi connectivity index (χ2n) is 7.39. The van der Waals surface area contributed by atoms with Gasteiger partial charge in [-0.15, -0.1) is 0 Å². The summed E-state index contributed by atoms with van der Waals surface area (Å²) in [4.78, 5) is 0.289. The molecular weight excluding hydrogens is 448 g/mol. The first kappa shape index (κ1) is 26.8. The normalized spacial score (nSPS) is 12.3. The Labute approximate surface area is 196 Å². The lowest BCUT2D eigenvalue weighted by atomic mass is 10.1. The molecule has 0 aliphatic carbocycles. The highest BCUT2D eigenvalue weighted by Crippen LogP contribution is 2.43. The van der Waals surface area contributed by atoms with Crippen molar-refractivity contribution in [2.75, 3.05) is 41.7 Å². The molecule has 0 saturated carbocycles. The van der Waals surface area contributed by atoms with Crippen LogP contribution in [0, 0.1) is 0 Å². The summed E-state index contributed by atoms with van der Waals surface area (Å²) >= 11 is 0. The number of rotatable bonds is 14. The van der Waals surface area contributed by atoms with E-state index in [2.05, 4.69) is 0 Å². The van der Waals surface area contributed by atoms with Gasteiger partial charge in [0.1, 0.15) is 19.0 Å².